The second kappa shape index (κ2) is 7.04. The van der Waals surface area contributed by atoms with Crippen molar-refractivity contribution in [2.75, 3.05) is 19.0 Å². The number of H-pyrrole nitrogens is 1. The minimum atomic E-state index is -0.387. The van der Waals surface area contributed by atoms with Crippen LogP contribution in [0.25, 0.3) is 11.0 Å². The number of aromatic nitrogens is 2. The van der Waals surface area contributed by atoms with Crippen LogP contribution in [0.3, 0.4) is 0 Å². The molecule has 3 aromatic rings. The summed E-state index contributed by atoms with van der Waals surface area (Å²) in [5.41, 5.74) is 3.14. The number of imidazole rings is 1. The van der Waals surface area contributed by atoms with Gasteiger partial charge in [-0.2, -0.15) is 0 Å². The molecule has 0 atom stereocenters. The first-order valence-corrected chi connectivity index (χ1v) is 7.73. The second-order valence-corrected chi connectivity index (χ2v) is 5.23. The highest BCUT2D eigenvalue weighted by Crippen LogP contribution is 2.20. The Kier molecular flexibility index (Phi) is 4.65. The van der Waals surface area contributed by atoms with E-state index < -0.39 is 0 Å². The zero-order valence-corrected chi connectivity index (χ0v) is 13.8. The van der Waals surface area contributed by atoms with Crippen LogP contribution in [-0.2, 0) is 9.47 Å². The summed E-state index contributed by atoms with van der Waals surface area (Å²) in [5.74, 6) is -0.226. The van der Waals surface area contributed by atoms with E-state index in [4.69, 9.17) is 4.74 Å². The number of hydrogen-bond acceptors (Lipinski definition) is 6. The van der Waals surface area contributed by atoms with Crippen LogP contribution >= 0.6 is 0 Å². The number of benzene rings is 2. The van der Waals surface area contributed by atoms with Gasteiger partial charge in [-0.25, -0.2) is 14.6 Å². The van der Waals surface area contributed by atoms with Gasteiger partial charge in [-0.1, -0.05) is 0 Å². The molecule has 1 aromatic heterocycles. The van der Waals surface area contributed by atoms with Crippen molar-refractivity contribution in [2.24, 2.45) is 0 Å². The molecule has 3 rings (SSSR count). The van der Waals surface area contributed by atoms with E-state index >= 15 is 0 Å². The molecule has 0 bridgehead atoms. The molecule has 0 saturated carbocycles. The number of nitrogens with one attached hydrogen (secondary N) is 2. The fraction of sp³-hybridized carbons (Fsp3) is 0.167. The van der Waals surface area contributed by atoms with Gasteiger partial charge in [-0.05, 0) is 49.4 Å². The quantitative estimate of drug-likeness (QED) is 0.693. The summed E-state index contributed by atoms with van der Waals surface area (Å²) in [4.78, 5) is 30.7. The summed E-state index contributed by atoms with van der Waals surface area (Å²) < 4.78 is 9.66. The van der Waals surface area contributed by atoms with Gasteiger partial charge in [0.05, 0.1) is 35.9 Å². The van der Waals surface area contributed by atoms with E-state index in [0.29, 0.717) is 23.7 Å². The van der Waals surface area contributed by atoms with Crippen molar-refractivity contribution < 1.29 is 19.1 Å². The van der Waals surface area contributed by atoms with Gasteiger partial charge in [0, 0.05) is 5.69 Å². The van der Waals surface area contributed by atoms with E-state index in [9.17, 15) is 9.59 Å². The van der Waals surface area contributed by atoms with Gasteiger partial charge in [0.25, 0.3) is 0 Å². The third-order valence-electron chi connectivity index (χ3n) is 3.56. The number of carbonyl (C=O) groups is 2. The van der Waals surface area contributed by atoms with Crippen LogP contribution in [0.15, 0.2) is 42.5 Å². The van der Waals surface area contributed by atoms with Gasteiger partial charge in [0.2, 0.25) is 5.95 Å². The lowest BCUT2D eigenvalue weighted by Crippen LogP contribution is -2.04. The molecule has 0 spiro atoms. The van der Waals surface area contributed by atoms with Crippen molar-refractivity contribution in [1.29, 1.82) is 0 Å². The molecule has 25 heavy (non-hydrogen) atoms. The molecule has 0 saturated heterocycles. The Morgan fingerprint density at radius 2 is 1.80 bits per heavy atom. The predicted octanol–water partition coefficient (Wildman–Crippen LogP) is 3.27. The molecule has 2 N–H and O–H groups in total. The third-order valence-corrected chi connectivity index (χ3v) is 3.56. The molecule has 0 aliphatic carbocycles. The number of esters is 2. The van der Waals surface area contributed by atoms with Crippen LogP contribution in [0, 0.1) is 0 Å². The summed E-state index contributed by atoms with van der Waals surface area (Å²) >= 11 is 0. The van der Waals surface area contributed by atoms with E-state index in [-0.39, 0.29) is 11.9 Å². The zero-order valence-electron chi connectivity index (χ0n) is 13.8. The summed E-state index contributed by atoms with van der Waals surface area (Å²) in [6, 6.07) is 12.0. The molecule has 1 heterocycles. The number of anilines is 2. The SMILES string of the molecule is CCOC(=O)c1ccc2nc(Nc3ccc(C(=O)OC)cc3)[nH]c2c1. The van der Waals surface area contributed by atoms with Crippen LogP contribution in [0.1, 0.15) is 27.6 Å². The average molecular weight is 339 g/mol. The predicted molar refractivity (Wildman–Crippen MR) is 93.1 cm³/mol. The van der Waals surface area contributed by atoms with Crippen molar-refractivity contribution in [2.45, 2.75) is 6.92 Å². The number of methoxy groups -OCH3 is 1. The average Bonchev–Trinajstić information content (AvgIpc) is 3.03. The fourth-order valence-electron chi connectivity index (χ4n) is 2.35. The highest BCUT2D eigenvalue weighted by molar-refractivity contribution is 5.94. The van der Waals surface area contributed by atoms with Crippen molar-refractivity contribution in [3.05, 3.63) is 53.6 Å². The molecular formula is C18H17N3O4. The first kappa shape index (κ1) is 16.5. The van der Waals surface area contributed by atoms with Gasteiger partial charge in [0.1, 0.15) is 0 Å². The lowest BCUT2D eigenvalue weighted by atomic mass is 10.2. The minimum Gasteiger partial charge on any atom is -0.465 e. The number of aromatic amines is 1. The molecule has 0 unspecified atom stereocenters. The van der Waals surface area contributed by atoms with Crippen molar-refractivity contribution in [1.82, 2.24) is 9.97 Å². The summed E-state index contributed by atoms with van der Waals surface area (Å²) in [7, 11) is 1.34. The monoisotopic (exact) mass is 339 g/mol. The zero-order chi connectivity index (χ0) is 17.8. The van der Waals surface area contributed by atoms with Crippen LogP contribution in [-0.4, -0.2) is 35.6 Å². The molecule has 0 aliphatic rings. The smallest absolute Gasteiger partial charge is 0.338 e. The normalized spacial score (nSPS) is 10.5. The molecule has 0 radical (unpaired) electrons. The number of hydrogen-bond donors (Lipinski definition) is 2. The minimum absolute atomic E-state index is 0.328. The van der Waals surface area contributed by atoms with Gasteiger partial charge in [-0.3, -0.25) is 0 Å². The van der Waals surface area contributed by atoms with E-state index in [2.05, 4.69) is 20.0 Å². The summed E-state index contributed by atoms with van der Waals surface area (Å²) in [6.45, 7) is 2.09. The van der Waals surface area contributed by atoms with Crippen LogP contribution < -0.4 is 5.32 Å². The van der Waals surface area contributed by atoms with Gasteiger partial charge < -0.3 is 19.8 Å². The van der Waals surface area contributed by atoms with E-state index in [0.717, 1.165) is 16.7 Å². The molecule has 0 fully saturated rings. The third kappa shape index (κ3) is 3.60. The topological polar surface area (TPSA) is 93.3 Å². The Balaban J connectivity index is 1.80. The maximum absolute atomic E-state index is 11.8. The fourth-order valence-corrected chi connectivity index (χ4v) is 2.35. The van der Waals surface area contributed by atoms with Crippen molar-refractivity contribution >= 4 is 34.6 Å². The molecule has 7 nitrogen and oxygen atoms in total. The Bertz CT molecular complexity index is 916. The standard InChI is InChI=1S/C18H17N3O4/c1-3-25-17(23)12-6-9-14-15(10-12)21-18(20-14)19-13-7-4-11(5-8-13)16(22)24-2/h4-10H,3H2,1-2H3,(H2,19,20,21). The highest BCUT2D eigenvalue weighted by atomic mass is 16.5. The molecule has 2 aromatic carbocycles. The number of rotatable bonds is 5. The van der Waals surface area contributed by atoms with E-state index in [1.165, 1.54) is 7.11 Å². The van der Waals surface area contributed by atoms with Crippen molar-refractivity contribution in [3.8, 4) is 0 Å². The van der Waals surface area contributed by atoms with Crippen molar-refractivity contribution in [3.63, 3.8) is 0 Å². The Hall–Kier alpha value is -3.35. The highest BCUT2D eigenvalue weighted by Gasteiger charge is 2.10. The molecule has 0 aliphatic heterocycles. The first-order valence-electron chi connectivity index (χ1n) is 7.73. The number of ether oxygens (including phenoxy) is 2. The summed E-state index contributed by atoms with van der Waals surface area (Å²) in [6.07, 6.45) is 0. The number of fused-ring (bicyclic) bond motifs is 1. The van der Waals surface area contributed by atoms with Gasteiger partial charge in [-0.15, -0.1) is 0 Å². The molecule has 128 valence electrons. The lowest BCUT2D eigenvalue weighted by Gasteiger charge is -2.03. The first-order chi connectivity index (χ1) is 12.1. The Labute approximate surface area is 144 Å². The second-order valence-electron chi connectivity index (χ2n) is 5.23. The number of nitrogens with zero attached hydrogens (tertiary/aromatic N) is 1. The number of carbonyl (C=O) groups excluding carboxylic acids is 2. The van der Waals surface area contributed by atoms with Gasteiger partial charge in [0.15, 0.2) is 0 Å². The Morgan fingerprint density at radius 1 is 1.08 bits per heavy atom. The van der Waals surface area contributed by atoms with E-state index in [1.807, 2.05) is 0 Å². The largest absolute Gasteiger partial charge is 0.465 e. The molecular weight excluding hydrogens is 322 g/mol. The summed E-state index contributed by atoms with van der Waals surface area (Å²) in [5, 5.41) is 3.12. The molecule has 7 heteroatoms. The van der Waals surface area contributed by atoms with Crippen LogP contribution in [0.4, 0.5) is 11.6 Å². The lowest BCUT2D eigenvalue weighted by molar-refractivity contribution is 0.0525. The molecule has 0 amide bonds. The van der Waals surface area contributed by atoms with Gasteiger partial charge >= 0.3 is 11.9 Å². The Morgan fingerprint density at radius 3 is 2.48 bits per heavy atom. The maximum Gasteiger partial charge on any atom is 0.338 e. The van der Waals surface area contributed by atoms with E-state index in [1.54, 1.807) is 49.4 Å². The maximum atomic E-state index is 11.8. The van der Waals surface area contributed by atoms with Crippen LogP contribution in [0.5, 0.6) is 0 Å². The van der Waals surface area contributed by atoms with Crippen LogP contribution in [0.2, 0.25) is 0 Å².